The van der Waals surface area contributed by atoms with Gasteiger partial charge in [-0.1, -0.05) is 48.7 Å². The molecule has 0 saturated carbocycles. The quantitative estimate of drug-likeness (QED) is 0.603. The number of piperidine rings is 1. The highest BCUT2D eigenvalue weighted by Gasteiger charge is 2.40. The summed E-state index contributed by atoms with van der Waals surface area (Å²) in [5.74, 6) is 0.495. The Bertz CT molecular complexity index is 990. The molecule has 2 atom stereocenters. The topological polar surface area (TPSA) is 57.2 Å². The number of hydrogen-bond acceptors (Lipinski definition) is 5. The van der Waals surface area contributed by atoms with E-state index < -0.39 is 0 Å². The van der Waals surface area contributed by atoms with Crippen LogP contribution in [-0.2, 0) is 4.79 Å². The summed E-state index contributed by atoms with van der Waals surface area (Å²) in [4.78, 5) is 13.2. The van der Waals surface area contributed by atoms with E-state index in [1.165, 1.54) is 6.42 Å². The number of rotatable bonds is 6. The number of ether oxygens (including phenoxy) is 1. The molecule has 1 amide bonds. The minimum atomic E-state index is -0.188. The molecule has 0 aliphatic carbocycles. The van der Waals surface area contributed by atoms with Gasteiger partial charge in [0.05, 0.1) is 23.4 Å². The van der Waals surface area contributed by atoms with E-state index in [-0.39, 0.29) is 17.9 Å². The highest BCUT2D eigenvalue weighted by molar-refractivity contribution is 6.41. The average Bonchev–Trinajstić information content (AvgIpc) is 3.12. The molecule has 2 heterocycles. The van der Waals surface area contributed by atoms with Crippen LogP contribution in [0.3, 0.4) is 0 Å². The molecule has 8 heteroatoms. The zero-order valence-corrected chi connectivity index (χ0v) is 19.9. The lowest BCUT2D eigenvalue weighted by molar-refractivity contribution is -0.120. The molecule has 1 N–H and O–H groups in total. The van der Waals surface area contributed by atoms with E-state index in [0.717, 1.165) is 37.2 Å². The van der Waals surface area contributed by atoms with Gasteiger partial charge in [-0.25, -0.2) is 5.01 Å². The molecule has 2 aromatic carbocycles. The van der Waals surface area contributed by atoms with Crippen molar-refractivity contribution in [2.45, 2.75) is 39.2 Å². The first-order valence-electron chi connectivity index (χ1n) is 11.1. The van der Waals surface area contributed by atoms with Crippen molar-refractivity contribution in [2.75, 3.05) is 24.7 Å². The molecule has 2 aliphatic heterocycles. The third-order valence-electron chi connectivity index (χ3n) is 5.92. The smallest absolute Gasteiger partial charge is 0.282 e. The number of nitrogens with one attached hydrogen (secondary N) is 1. The van der Waals surface area contributed by atoms with E-state index in [1.54, 1.807) is 12.1 Å². The second kappa shape index (κ2) is 10.1. The summed E-state index contributed by atoms with van der Waals surface area (Å²) in [5, 5.41) is 9.63. The molecule has 1 saturated heterocycles. The highest BCUT2D eigenvalue weighted by Crippen LogP contribution is 2.42. The monoisotopic (exact) mass is 474 g/mol. The highest BCUT2D eigenvalue weighted by atomic mass is 35.5. The van der Waals surface area contributed by atoms with Gasteiger partial charge in [-0.3, -0.25) is 15.2 Å². The van der Waals surface area contributed by atoms with Gasteiger partial charge >= 0.3 is 0 Å². The maximum Gasteiger partial charge on any atom is 0.282 e. The van der Waals surface area contributed by atoms with Crippen molar-refractivity contribution in [1.29, 1.82) is 0 Å². The van der Waals surface area contributed by atoms with E-state index in [9.17, 15) is 4.79 Å². The summed E-state index contributed by atoms with van der Waals surface area (Å²) >= 11 is 12.7. The Morgan fingerprint density at radius 1 is 1.12 bits per heavy atom. The summed E-state index contributed by atoms with van der Waals surface area (Å²) in [7, 11) is 0. The number of halogens is 2. The normalized spacial score (nSPS) is 21.4. The van der Waals surface area contributed by atoms with Crippen molar-refractivity contribution in [3.8, 4) is 5.75 Å². The summed E-state index contributed by atoms with van der Waals surface area (Å²) in [5.41, 5.74) is 5.27. The van der Waals surface area contributed by atoms with Crippen molar-refractivity contribution < 1.29 is 9.53 Å². The molecular formula is C24H28Cl2N4O2. The third kappa shape index (κ3) is 4.87. The number of hydrazine groups is 1. The number of benzene rings is 2. The molecule has 4 rings (SSSR count). The second-order valence-corrected chi connectivity index (χ2v) is 8.99. The Balaban J connectivity index is 1.66. The van der Waals surface area contributed by atoms with E-state index in [4.69, 9.17) is 33.0 Å². The fourth-order valence-electron chi connectivity index (χ4n) is 4.32. The van der Waals surface area contributed by atoms with Crippen molar-refractivity contribution >= 4 is 40.5 Å². The fraction of sp³-hybridized carbons (Fsp3) is 0.417. The van der Waals surface area contributed by atoms with Crippen LogP contribution in [0.15, 0.2) is 47.6 Å². The number of hydrogen-bond donors (Lipinski definition) is 1. The Labute approximate surface area is 199 Å². The van der Waals surface area contributed by atoms with Crippen LogP contribution in [0.1, 0.15) is 44.7 Å². The number of carbonyl (C=O) groups excluding carboxylic acids is 1. The van der Waals surface area contributed by atoms with E-state index in [1.807, 2.05) is 54.2 Å². The first-order valence-corrected chi connectivity index (χ1v) is 11.8. The van der Waals surface area contributed by atoms with Crippen molar-refractivity contribution in [2.24, 2.45) is 11.0 Å². The standard InChI is InChI=1S/C24H28Cl2N4O2/c1-3-32-19-10-7-17(8-11-19)23-16(2)22(24(31)28-29-13-5-4-6-14-29)27-30(23)21-12-9-18(25)15-20(21)26/h7-12,15-16,23H,3-6,13-14H2,1-2H3,(H,28,31)/t16-,23-/m0/s1. The van der Waals surface area contributed by atoms with Gasteiger partial charge in [0, 0.05) is 24.0 Å². The van der Waals surface area contributed by atoms with Crippen LogP contribution in [0.25, 0.3) is 0 Å². The van der Waals surface area contributed by atoms with Crippen molar-refractivity contribution in [3.63, 3.8) is 0 Å². The minimum absolute atomic E-state index is 0.149. The van der Waals surface area contributed by atoms with Crippen LogP contribution in [0.4, 0.5) is 5.69 Å². The Morgan fingerprint density at radius 2 is 1.84 bits per heavy atom. The number of nitrogens with zero attached hydrogens (tertiary/aromatic N) is 3. The zero-order valence-electron chi connectivity index (χ0n) is 18.4. The molecule has 2 aliphatic rings. The maximum atomic E-state index is 13.2. The fourth-order valence-corrected chi connectivity index (χ4v) is 4.81. The number of anilines is 1. The molecule has 32 heavy (non-hydrogen) atoms. The number of hydrazone groups is 1. The summed E-state index contributed by atoms with van der Waals surface area (Å²) in [6.45, 7) is 6.32. The lowest BCUT2D eigenvalue weighted by Crippen LogP contribution is -2.48. The van der Waals surface area contributed by atoms with Crippen LogP contribution in [-0.4, -0.2) is 36.3 Å². The van der Waals surface area contributed by atoms with Gasteiger partial charge in [-0.2, -0.15) is 5.10 Å². The zero-order chi connectivity index (χ0) is 22.7. The Hall–Kier alpha value is -2.28. The number of carbonyl (C=O) groups is 1. The lowest BCUT2D eigenvalue weighted by Gasteiger charge is -2.28. The summed E-state index contributed by atoms with van der Waals surface area (Å²) in [6.07, 6.45) is 3.37. The van der Waals surface area contributed by atoms with Gasteiger partial charge in [0.2, 0.25) is 0 Å². The number of amides is 1. The molecule has 1 fully saturated rings. The third-order valence-corrected chi connectivity index (χ3v) is 6.46. The van der Waals surface area contributed by atoms with Crippen LogP contribution >= 0.6 is 23.2 Å². The minimum Gasteiger partial charge on any atom is -0.494 e. The molecule has 0 aromatic heterocycles. The van der Waals surface area contributed by atoms with E-state index in [2.05, 4.69) is 5.43 Å². The van der Waals surface area contributed by atoms with Crippen molar-refractivity contribution in [1.82, 2.24) is 10.4 Å². The Kier molecular flexibility index (Phi) is 7.23. The maximum absolute atomic E-state index is 13.2. The van der Waals surface area contributed by atoms with Gasteiger partial charge < -0.3 is 4.74 Å². The Morgan fingerprint density at radius 3 is 2.50 bits per heavy atom. The molecule has 0 unspecified atom stereocenters. The van der Waals surface area contributed by atoms with Crippen LogP contribution in [0.2, 0.25) is 10.0 Å². The molecule has 0 radical (unpaired) electrons. The lowest BCUT2D eigenvalue weighted by atomic mass is 9.91. The molecule has 0 bridgehead atoms. The SMILES string of the molecule is CCOc1ccc([C@@H]2[C@@H](C)C(C(=O)NN3CCCCC3)=NN2c2ccc(Cl)cc2Cl)cc1. The molecule has 0 spiro atoms. The van der Waals surface area contributed by atoms with Gasteiger partial charge in [0.15, 0.2) is 0 Å². The van der Waals surface area contributed by atoms with Crippen LogP contribution in [0, 0.1) is 5.92 Å². The van der Waals surface area contributed by atoms with Crippen LogP contribution in [0.5, 0.6) is 5.75 Å². The first kappa shape index (κ1) is 22.9. The first-order chi connectivity index (χ1) is 15.5. The van der Waals surface area contributed by atoms with E-state index in [0.29, 0.717) is 28.1 Å². The molecule has 170 valence electrons. The van der Waals surface area contributed by atoms with E-state index >= 15 is 0 Å². The second-order valence-electron chi connectivity index (χ2n) is 8.15. The summed E-state index contributed by atoms with van der Waals surface area (Å²) in [6, 6.07) is 13.1. The van der Waals surface area contributed by atoms with Gasteiger partial charge in [-0.15, -0.1) is 0 Å². The van der Waals surface area contributed by atoms with Crippen LogP contribution < -0.4 is 15.2 Å². The molecule has 2 aromatic rings. The van der Waals surface area contributed by atoms with Gasteiger partial charge in [0.25, 0.3) is 5.91 Å². The predicted molar refractivity (Wildman–Crippen MR) is 129 cm³/mol. The predicted octanol–water partition coefficient (Wildman–Crippen LogP) is 5.46. The summed E-state index contributed by atoms with van der Waals surface area (Å²) < 4.78 is 5.59. The van der Waals surface area contributed by atoms with Crippen molar-refractivity contribution in [3.05, 3.63) is 58.1 Å². The molecular weight excluding hydrogens is 447 g/mol. The van der Waals surface area contributed by atoms with Gasteiger partial charge in [0.1, 0.15) is 11.5 Å². The van der Waals surface area contributed by atoms with Gasteiger partial charge in [-0.05, 0) is 55.7 Å². The average molecular weight is 475 g/mol. The largest absolute Gasteiger partial charge is 0.494 e. The molecule has 6 nitrogen and oxygen atoms in total.